The number of nitrogens with one attached hydrogen (secondary N) is 1. The fraction of sp³-hybridized carbons (Fsp3) is 0.364. The van der Waals surface area contributed by atoms with Crippen molar-refractivity contribution in [2.45, 2.75) is 38.3 Å². The Morgan fingerprint density at radius 2 is 2.00 bits per heavy atom. The number of hydrogen-bond acceptors (Lipinski definition) is 4. The Balaban J connectivity index is 0.00000210. The molecule has 0 aliphatic heterocycles. The lowest BCUT2D eigenvalue weighted by atomic mass is 9.88. The van der Waals surface area contributed by atoms with E-state index in [1.54, 1.807) is 0 Å². The highest BCUT2D eigenvalue weighted by atomic mass is 35.5. The Kier molecular flexibility index (Phi) is 6.42. The average Bonchev–Trinajstić information content (AvgIpc) is 3.03. The molecule has 0 spiro atoms. The summed E-state index contributed by atoms with van der Waals surface area (Å²) in [4.78, 5) is 0. The van der Waals surface area contributed by atoms with Gasteiger partial charge in [-0.3, -0.25) is 0 Å². The van der Waals surface area contributed by atoms with Crippen molar-refractivity contribution in [3.63, 3.8) is 0 Å². The average molecular weight is 388 g/mol. The second-order valence-electron chi connectivity index (χ2n) is 7.14. The zero-order chi connectivity index (χ0) is 17.9. The first-order valence-corrected chi connectivity index (χ1v) is 9.28. The minimum absolute atomic E-state index is 0. The van der Waals surface area contributed by atoms with Crippen molar-refractivity contribution in [2.24, 2.45) is 0 Å². The van der Waals surface area contributed by atoms with Gasteiger partial charge in [-0.05, 0) is 61.6 Å². The van der Waals surface area contributed by atoms with Gasteiger partial charge in [-0.15, -0.1) is 12.4 Å². The molecule has 0 saturated heterocycles. The molecule has 4 rings (SSSR count). The van der Waals surface area contributed by atoms with Crippen molar-refractivity contribution in [1.29, 1.82) is 0 Å². The number of fused-ring (bicyclic) bond motifs is 2. The van der Waals surface area contributed by atoms with E-state index in [4.69, 9.17) is 9.15 Å². The van der Waals surface area contributed by atoms with Crippen LogP contribution in [-0.2, 0) is 12.8 Å². The van der Waals surface area contributed by atoms with Crippen LogP contribution in [0.15, 0.2) is 52.9 Å². The van der Waals surface area contributed by atoms with Crippen LogP contribution in [0, 0.1) is 6.92 Å². The van der Waals surface area contributed by atoms with Crippen molar-refractivity contribution in [1.82, 2.24) is 5.32 Å². The number of hydrogen-bond donors (Lipinski definition) is 2. The van der Waals surface area contributed by atoms with Crippen molar-refractivity contribution in [3.8, 4) is 5.75 Å². The van der Waals surface area contributed by atoms with Crippen LogP contribution in [0.1, 0.15) is 23.3 Å². The molecule has 1 aliphatic rings. The molecule has 4 nitrogen and oxygen atoms in total. The smallest absolute Gasteiger partial charge is 0.134 e. The van der Waals surface area contributed by atoms with Crippen LogP contribution < -0.4 is 10.1 Å². The molecule has 2 N–H and O–H groups in total. The van der Waals surface area contributed by atoms with Gasteiger partial charge in [0.15, 0.2) is 0 Å². The van der Waals surface area contributed by atoms with E-state index < -0.39 is 6.10 Å². The molecule has 0 fully saturated rings. The van der Waals surface area contributed by atoms with Gasteiger partial charge in [0.1, 0.15) is 29.8 Å². The fourth-order valence-electron chi connectivity index (χ4n) is 3.67. The van der Waals surface area contributed by atoms with Crippen LogP contribution in [0.2, 0.25) is 0 Å². The Morgan fingerprint density at radius 3 is 2.85 bits per heavy atom. The highest BCUT2D eigenvalue weighted by Crippen LogP contribution is 2.24. The zero-order valence-electron chi connectivity index (χ0n) is 15.5. The van der Waals surface area contributed by atoms with Crippen molar-refractivity contribution in [2.75, 3.05) is 13.2 Å². The maximum atomic E-state index is 10.2. The molecule has 0 saturated carbocycles. The Hall–Kier alpha value is -2.01. The van der Waals surface area contributed by atoms with Crippen LogP contribution in [0.3, 0.4) is 0 Å². The van der Waals surface area contributed by atoms with Crippen LogP contribution in [0.4, 0.5) is 0 Å². The highest BCUT2D eigenvalue weighted by molar-refractivity contribution is 5.85. The van der Waals surface area contributed by atoms with Crippen molar-refractivity contribution in [3.05, 3.63) is 65.4 Å². The summed E-state index contributed by atoms with van der Waals surface area (Å²) in [5.41, 5.74) is 3.74. The lowest BCUT2D eigenvalue weighted by molar-refractivity contribution is 0.103. The van der Waals surface area contributed by atoms with Gasteiger partial charge in [0.25, 0.3) is 0 Å². The van der Waals surface area contributed by atoms with Gasteiger partial charge in [0.2, 0.25) is 0 Å². The van der Waals surface area contributed by atoms with E-state index in [1.165, 1.54) is 11.1 Å². The molecule has 0 radical (unpaired) electrons. The van der Waals surface area contributed by atoms with Gasteiger partial charge in [0, 0.05) is 18.0 Å². The van der Waals surface area contributed by atoms with E-state index >= 15 is 0 Å². The van der Waals surface area contributed by atoms with Gasteiger partial charge in [0.05, 0.1) is 0 Å². The third-order valence-electron chi connectivity index (χ3n) is 5.04. The lowest BCUT2D eigenvalue weighted by Crippen LogP contribution is -2.40. The zero-order valence-corrected chi connectivity index (χ0v) is 16.3. The molecule has 0 bridgehead atoms. The van der Waals surface area contributed by atoms with E-state index in [0.717, 1.165) is 41.7 Å². The van der Waals surface area contributed by atoms with Gasteiger partial charge >= 0.3 is 0 Å². The van der Waals surface area contributed by atoms with Gasteiger partial charge in [-0.1, -0.05) is 24.3 Å². The fourth-order valence-corrected chi connectivity index (χ4v) is 3.67. The third kappa shape index (κ3) is 4.83. The predicted octanol–water partition coefficient (Wildman–Crippen LogP) is 4.05. The molecule has 27 heavy (non-hydrogen) atoms. The molecule has 0 amide bonds. The SMILES string of the molecule is Cc1cc2cc(OCC(O)CNC3CCc4ccccc4C3)ccc2o1.Cl. The molecular weight excluding hydrogens is 362 g/mol. The second kappa shape index (κ2) is 8.79. The Morgan fingerprint density at radius 1 is 1.19 bits per heavy atom. The molecule has 144 valence electrons. The molecule has 1 aliphatic carbocycles. The van der Waals surface area contributed by atoms with Crippen molar-refractivity contribution < 1.29 is 14.3 Å². The van der Waals surface area contributed by atoms with E-state index in [9.17, 15) is 5.11 Å². The Bertz CT molecular complexity index is 892. The number of aliphatic hydroxyl groups is 1. The predicted molar refractivity (Wildman–Crippen MR) is 110 cm³/mol. The molecular formula is C22H26ClNO3. The highest BCUT2D eigenvalue weighted by Gasteiger charge is 2.18. The summed E-state index contributed by atoms with van der Waals surface area (Å²) < 4.78 is 11.3. The number of halogens is 1. The molecule has 2 aromatic carbocycles. The van der Waals surface area contributed by atoms with E-state index in [-0.39, 0.29) is 19.0 Å². The number of ether oxygens (including phenoxy) is 1. The summed E-state index contributed by atoms with van der Waals surface area (Å²) in [5, 5.41) is 14.8. The van der Waals surface area contributed by atoms with Crippen molar-refractivity contribution >= 4 is 23.4 Å². The normalized spacial score (nSPS) is 17.2. The third-order valence-corrected chi connectivity index (χ3v) is 5.04. The quantitative estimate of drug-likeness (QED) is 0.670. The first kappa shape index (κ1) is 19.7. The summed E-state index contributed by atoms with van der Waals surface area (Å²) in [6, 6.07) is 16.8. The largest absolute Gasteiger partial charge is 0.491 e. The van der Waals surface area contributed by atoms with E-state index in [1.807, 2.05) is 31.2 Å². The summed E-state index contributed by atoms with van der Waals surface area (Å²) in [5.74, 6) is 1.64. The van der Waals surface area contributed by atoms with E-state index in [2.05, 4.69) is 29.6 Å². The first-order valence-electron chi connectivity index (χ1n) is 9.28. The monoisotopic (exact) mass is 387 g/mol. The van der Waals surface area contributed by atoms with Crippen LogP contribution >= 0.6 is 12.4 Å². The molecule has 1 aromatic heterocycles. The Labute approximate surface area is 165 Å². The minimum Gasteiger partial charge on any atom is -0.491 e. The number of furan rings is 1. The number of aryl methyl sites for hydroxylation is 2. The number of rotatable bonds is 6. The maximum Gasteiger partial charge on any atom is 0.134 e. The lowest BCUT2D eigenvalue weighted by Gasteiger charge is -2.26. The molecule has 1 heterocycles. The van der Waals surface area contributed by atoms with Crippen LogP contribution in [0.5, 0.6) is 5.75 Å². The number of aliphatic hydroxyl groups excluding tert-OH is 1. The van der Waals surface area contributed by atoms with Gasteiger partial charge in [-0.2, -0.15) is 0 Å². The molecule has 3 aromatic rings. The van der Waals surface area contributed by atoms with Crippen LogP contribution in [-0.4, -0.2) is 30.4 Å². The van der Waals surface area contributed by atoms with Gasteiger partial charge in [-0.25, -0.2) is 0 Å². The summed E-state index contributed by atoms with van der Waals surface area (Å²) in [6.07, 6.45) is 2.71. The molecule has 5 heteroatoms. The second-order valence-corrected chi connectivity index (χ2v) is 7.14. The van der Waals surface area contributed by atoms with Crippen LogP contribution in [0.25, 0.3) is 11.0 Å². The summed E-state index contributed by atoms with van der Waals surface area (Å²) >= 11 is 0. The molecule has 2 atom stereocenters. The first-order chi connectivity index (χ1) is 12.7. The number of benzene rings is 2. The van der Waals surface area contributed by atoms with Gasteiger partial charge < -0.3 is 19.6 Å². The standard InChI is InChI=1S/C22H25NO3.ClH/c1-15-10-18-12-21(8-9-22(18)26-15)25-14-20(24)13-23-19-7-6-16-4-2-3-5-17(16)11-19;/h2-5,8-10,12,19-20,23-24H,6-7,11,13-14H2,1H3;1H. The maximum absolute atomic E-state index is 10.2. The summed E-state index contributed by atoms with van der Waals surface area (Å²) in [6.45, 7) is 2.75. The summed E-state index contributed by atoms with van der Waals surface area (Å²) in [7, 11) is 0. The topological polar surface area (TPSA) is 54.6 Å². The molecule has 2 unspecified atom stereocenters. The minimum atomic E-state index is -0.533. The van der Waals surface area contributed by atoms with E-state index in [0.29, 0.717) is 12.6 Å².